The summed E-state index contributed by atoms with van der Waals surface area (Å²) in [6.45, 7) is 7.87. The predicted octanol–water partition coefficient (Wildman–Crippen LogP) is 1.10. The maximum Gasteiger partial charge on any atom is 0.0173 e. The fraction of sp³-hybridized carbons (Fsp3) is 1.00. The SMILES string of the molecule is CC(C)C(CN)C(C1CCN(C)C1)N(C)C. The van der Waals surface area contributed by atoms with Crippen LogP contribution in [0.4, 0.5) is 0 Å². The van der Waals surface area contributed by atoms with Crippen LogP contribution in [0, 0.1) is 17.8 Å². The van der Waals surface area contributed by atoms with E-state index < -0.39 is 0 Å². The molecule has 0 bridgehead atoms. The van der Waals surface area contributed by atoms with Crippen molar-refractivity contribution in [2.75, 3.05) is 40.8 Å². The van der Waals surface area contributed by atoms with Gasteiger partial charge in [-0.3, -0.25) is 0 Å². The van der Waals surface area contributed by atoms with Crippen LogP contribution >= 0.6 is 0 Å². The Labute approximate surface area is 101 Å². The number of rotatable bonds is 5. The van der Waals surface area contributed by atoms with Gasteiger partial charge in [0.15, 0.2) is 0 Å². The van der Waals surface area contributed by atoms with Gasteiger partial charge in [-0.15, -0.1) is 0 Å². The van der Waals surface area contributed by atoms with Crippen LogP contribution in [0.25, 0.3) is 0 Å². The molecule has 1 fully saturated rings. The highest BCUT2D eigenvalue weighted by molar-refractivity contribution is 4.89. The number of nitrogens with two attached hydrogens (primary N) is 1. The molecular weight excluding hydrogens is 198 g/mol. The Morgan fingerprint density at radius 2 is 2.00 bits per heavy atom. The molecule has 1 aliphatic rings. The van der Waals surface area contributed by atoms with Gasteiger partial charge in [-0.2, -0.15) is 0 Å². The molecular formula is C13H29N3. The zero-order valence-electron chi connectivity index (χ0n) is 11.6. The van der Waals surface area contributed by atoms with E-state index >= 15 is 0 Å². The summed E-state index contributed by atoms with van der Waals surface area (Å²) in [5.74, 6) is 2.07. The molecule has 1 aliphatic heterocycles. The summed E-state index contributed by atoms with van der Waals surface area (Å²) in [5, 5.41) is 0. The Kier molecular flexibility index (Phi) is 5.22. The molecule has 0 aromatic heterocycles. The van der Waals surface area contributed by atoms with Gasteiger partial charge in [-0.1, -0.05) is 13.8 Å². The molecule has 0 aliphatic carbocycles. The standard InChI is InChI=1S/C13H29N3/c1-10(2)12(8-14)13(15(3)4)11-6-7-16(5)9-11/h10-13H,6-9,14H2,1-5H3. The van der Waals surface area contributed by atoms with Crippen LogP contribution < -0.4 is 5.73 Å². The molecule has 0 amide bonds. The highest BCUT2D eigenvalue weighted by Gasteiger charge is 2.35. The van der Waals surface area contributed by atoms with Gasteiger partial charge >= 0.3 is 0 Å². The zero-order valence-corrected chi connectivity index (χ0v) is 11.6. The van der Waals surface area contributed by atoms with Gasteiger partial charge in [0.05, 0.1) is 0 Å². The fourth-order valence-electron chi connectivity index (χ4n) is 3.21. The molecule has 3 atom stereocenters. The van der Waals surface area contributed by atoms with Crippen molar-refractivity contribution >= 4 is 0 Å². The van der Waals surface area contributed by atoms with Crippen LogP contribution in [-0.4, -0.2) is 56.6 Å². The molecule has 16 heavy (non-hydrogen) atoms. The lowest BCUT2D eigenvalue weighted by atomic mass is 9.80. The van der Waals surface area contributed by atoms with E-state index in [0.29, 0.717) is 17.9 Å². The number of likely N-dealkylation sites (tertiary alicyclic amines) is 1. The zero-order chi connectivity index (χ0) is 12.3. The van der Waals surface area contributed by atoms with Gasteiger partial charge in [0.1, 0.15) is 0 Å². The molecule has 0 aromatic rings. The van der Waals surface area contributed by atoms with Gasteiger partial charge in [0, 0.05) is 12.6 Å². The Morgan fingerprint density at radius 3 is 2.31 bits per heavy atom. The van der Waals surface area contributed by atoms with E-state index in [4.69, 9.17) is 5.73 Å². The second-order valence-corrected chi connectivity index (χ2v) is 5.91. The molecule has 0 aromatic carbocycles. The lowest BCUT2D eigenvalue weighted by Crippen LogP contribution is -2.47. The lowest BCUT2D eigenvalue weighted by molar-refractivity contribution is 0.117. The third kappa shape index (κ3) is 3.19. The largest absolute Gasteiger partial charge is 0.330 e. The van der Waals surface area contributed by atoms with Crippen molar-refractivity contribution in [1.29, 1.82) is 0 Å². The van der Waals surface area contributed by atoms with Crippen molar-refractivity contribution in [3.05, 3.63) is 0 Å². The maximum atomic E-state index is 5.97. The third-order valence-corrected chi connectivity index (χ3v) is 4.07. The highest BCUT2D eigenvalue weighted by atomic mass is 15.2. The smallest absolute Gasteiger partial charge is 0.0173 e. The number of nitrogens with zero attached hydrogens (tertiary/aromatic N) is 2. The Balaban J connectivity index is 2.73. The summed E-state index contributed by atoms with van der Waals surface area (Å²) in [4.78, 5) is 4.83. The van der Waals surface area contributed by atoms with E-state index in [0.717, 1.165) is 12.5 Å². The first-order chi connectivity index (χ1) is 7.47. The first kappa shape index (κ1) is 13.9. The molecule has 1 rings (SSSR count). The first-order valence-corrected chi connectivity index (χ1v) is 6.52. The highest BCUT2D eigenvalue weighted by Crippen LogP contribution is 2.29. The second-order valence-electron chi connectivity index (χ2n) is 5.91. The van der Waals surface area contributed by atoms with Crippen LogP contribution in [0.2, 0.25) is 0 Å². The normalized spacial score (nSPS) is 26.6. The van der Waals surface area contributed by atoms with Crippen molar-refractivity contribution in [2.45, 2.75) is 26.3 Å². The summed E-state index contributed by atoms with van der Waals surface area (Å²) >= 11 is 0. The van der Waals surface area contributed by atoms with E-state index in [1.165, 1.54) is 19.5 Å². The summed E-state index contributed by atoms with van der Waals surface area (Å²) in [5.41, 5.74) is 5.97. The minimum atomic E-state index is 0.617. The van der Waals surface area contributed by atoms with Crippen LogP contribution in [0.1, 0.15) is 20.3 Å². The molecule has 0 saturated carbocycles. The monoisotopic (exact) mass is 227 g/mol. The fourth-order valence-corrected chi connectivity index (χ4v) is 3.21. The van der Waals surface area contributed by atoms with Gasteiger partial charge in [-0.25, -0.2) is 0 Å². The average Bonchev–Trinajstić information content (AvgIpc) is 2.59. The van der Waals surface area contributed by atoms with E-state index in [2.05, 4.69) is 44.8 Å². The molecule has 0 radical (unpaired) electrons. The van der Waals surface area contributed by atoms with Gasteiger partial charge < -0.3 is 15.5 Å². The number of hydrogen-bond donors (Lipinski definition) is 1. The van der Waals surface area contributed by atoms with Gasteiger partial charge in [0.2, 0.25) is 0 Å². The maximum absolute atomic E-state index is 5.97. The van der Waals surface area contributed by atoms with Crippen molar-refractivity contribution in [3.8, 4) is 0 Å². The molecule has 96 valence electrons. The van der Waals surface area contributed by atoms with E-state index in [1.54, 1.807) is 0 Å². The lowest BCUT2D eigenvalue weighted by Gasteiger charge is -2.38. The minimum absolute atomic E-state index is 0.617. The molecule has 3 heteroatoms. The van der Waals surface area contributed by atoms with Crippen molar-refractivity contribution in [3.63, 3.8) is 0 Å². The van der Waals surface area contributed by atoms with Gasteiger partial charge in [0.25, 0.3) is 0 Å². The van der Waals surface area contributed by atoms with Crippen LogP contribution in [0.3, 0.4) is 0 Å². The van der Waals surface area contributed by atoms with Crippen LogP contribution in [0.15, 0.2) is 0 Å². The Hall–Kier alpha value is -0.120. The molecule has 3 unspecified atom stereocenters. The quantitative estimate of drug-likeness (QED) is 0.763. The molecule has 2 N–H and O–H groups in total. The summed E-state index contributed by atoms with van der Waals surface area (Å²) in [6.07, 6.45) is 1.32. The van der Waals surface area contributed by atoms with Gasteiger partial charge in [-0.05, 0) is 58.4 Å². The van der Waals surface area contributed by atoms with Crippen molar-refractivity contribution < 1.29 is 0 Å². The van der Waals surface area contributed by atoms with E-state index in [9.17, 15) is 0 Å². The van der Waals surface area contributed by atoms with Crippen LogP contribution in [0.5, 0.6) is 0 Å². The van der Waals surface area contributed by atoms with E-state index in [-0.39, 0.29) is 0 Å². The molecule has 3 nitrogen and oxygen atoms in total. The van der Waals surface area contributed by atoms with Crippen LogP contribution in [-0.2, 0) is 0 Å². The Morgan fingerprint density at radius 1 is 1.38 bits per heavy atom. The second kappa shape index (κ2) is 5.99. The van der Waals surface area contributed by atoms with Crippen molar-refractivity contribution in [2.24, 2.45) is 23.5 Å². The number of hydrogen-bond acceptors (Lipinski definition) is 3. The average molecular weight is 227 g/mol. The van der Waals surface area contributed by atoms with Crippen molar-refractivity contribution in [1.82, 2.24) is 9.80 Å². The predicted molar refractivity (Wildman–Crippen MR) is 70.5 cm³/mol. The molecule has 1 heterocycles. The molecule has 0 spiro atoms. The molecule has 1 saturated heterocycles. The minimum Gasteiger partial charge on any atom is -0.330 e. The Bertz CT molecular complexity index is 203. The topological polar surface area (TPSA) is 32.5 Å². The van der Waals surface area contributed by atoms with E-state index in [1.807, 2.05) is 0 Å². The summed E-state index contributed by atoms with van der Waals surface area (Å²) in [6, 6.07) is 0.634. The summed E-state index contributed by atoms with van der Waals surface area (Å²) < 4.78 is 0. The third-order valence-electron chi connectivity index (χ3n) is 4.07. The first-order valence-electron chi connectivity index (χ1n) is 6.52. The summed E-state index contributed by atoms with van der Waals surface area (Å²) in [7, 11) is 6.63.